The van der Waals surface area contributed by atoms with E-state index in [1.807, 2.05) is 0 Å². The van der Waals surface area contributed by atoms with Gasteiger partial charge in [0.15, 0.2) is 0 Å². The summed E-state index contributed by atoms with van der Waals surface area (Å²) < 4.78 is 17.0. The van der Waals surface area contributed by atoms with Crippen molar-refractivity contribution in [2.24, 2.45) is 11.8 Å². The average molecular weight is 509 g/mol. The smallest absolute Gasteiger partial charge is 0.343 e. The quantitative estimate of drug-likeness (QED) is 0.146. The largest absolute Gasteiger partial charge is 0.494 e. The van der Waals surface area contributed by atoms with Crippen LogP contribution in [-0.4, -0.2) is 24.6 Å². The van der Waals surface area contributed by atoms with Crippen molar-refractivity contribution in [3.8, 4) is 11.5 Å². The molecule has 1 aliphatic rings. The minimum atomic E-state index is -0.450. The summed E-state index contributed by atoms with van der Waals surface area (Å²) in [7, 11) is 0. The highest BCUT2D eigenvalue weighted by Crippen LogP contribution is 2.30. The maximum atomic E-state index is 12.6. The van der Waals surface area contributed by atoms with Crippen molar-refractivity contribution in [3.05, 3.63) is 59.7 Å². The molecule has 1 aliphatic carbocycles. The Labute approximate surface area is 222 Å². The summed E-state index contributed by atoms with van der Waals surface area (Å²) in [6.07, 6.45) is 12.7. The van der Waals surface area contributed by atoms with Gasteiger partial charge in [-0.25, -0.2) is 9.59 Å². The van der Waals surface area contributed by atoms with E-state index in [4.69, 9.17) is 14.2 Å². The number of ether oxygens (including phenoxy) is 3. The van der Waals surface area contributed by atoms with Crippen LogP contribution >= 0.6 is 0 Å². The number of carbonyl (C=O) groups excluding carboxylic acids is 2. The van der Waals surface area contributed by atoms with E-state index in [0.717, 1.165) is 50.2 Å². The zero-order valence-corrected chi connectivity index (χ0v) is 22.9. The Balaban J connectivity index is 1.40. The molecule has 1 saturated carbocycles. The Morgan fingerprint density at radius 3 is 2.05 bits per heavy atom. The van der Waals surface area contributed by atoms with Crippen molar-refractivity contribution in [3.63, 3.8) is 0 Å². The predicted molar refractivity (Wildman–Crippen MR) is 147 cm³/mol. The molecule has 0 heterocycles. The molecular formula is C32H44O5. The van der Waals surface area contributed by atoms with Gasteiger partial charge in [-0.05, 0) is 98.9 Å². The lowest BCUT2D eigenvalue weighted by Crippen LogP contribution is -2.24. The van der Waals surface area contributed by atoms with Crippen LogP contribution in [0, 0.1) is 11.8 Å². The van der Waals surface area contributed by atoms with Gasteiger partial charge in [0.2, 0.25) is 0 Å². The fourth-order valence-electron chi connectivity index (χ4n) is 4.78. The number of hydrogen-bond acceptors (Lipinski definition) is 5. The predicted octanol–water partition coefficient (Wildman–Crippen LogP) is 8.41. The van der Waals surface area contributed by atoms with E-state index in [-0.39, 0.29) is 12.1 Å². The minimum absolute atomic E-state index is 0.000664. The van der Waals surface area contributed by atoms with Crippen LogP contribution in [0.5, 0.6) is 11.5 Å². The molecule has 0 aromatic heterocycles. The third kappa shape index (κ3) is 9.87. The molecule has 0 aliphatic heterocycles. The van der Waals surface area contributed by atoms with Crippen LogP contribution in [0.1, 0.15) is 112 Å². The molecule has 0 unspecified atom stereocenters. The molecule has 2 aromatic carbocycles. The lowest BCUT2D eigenvalue weighted by atomic mass is 9.84. The lowest BCUT2D eigenvalue weighted by Gasteiger charge is -2.28. The Bertz CT molecular complexity index is 942. The van der Waals surface area contributed by atoms with E-state index in [1.54, 1.807) is 48.5 Å². The molecular weight excluding hydrogens is 464 g/mol. The summed E-state index contributed by atoms with van der Waals surface area (Å²) in [5, 5.41) is 0. The highest BCUT2D eigenvalue weighted by molar-refractivity contribution is 5.92. The van der Waals surface area contributed by atoms with Crippen LogP contribution < -0.4 is 9.47 Å². The highest BCUT2D eigenvalue weighted by atomic mass is 16.5. The average Bonchev–Trinajstić information content (AvgIpc) is 2.92. The van der Waals surface area contributed by atoms with E-state index in [1.165, 1.54) is 32.1 Å². The second-order valence-corrected chi connectivity index (χ2v) is 10.5. The van der Waals surface area contributed by atoms with Crippen molar-refractivity contribution in [1.29, 1.82) is 0 Å². The van der Waals surface area contributed by atoms with Crippen LogP contribution in [0.25, 0.3) is 0 Å². The van der Waals surface area contributed by atoms with Gasteiger partial charge in [0.1, 0.15) is 17.6 Å². The molecule has 1 atom stereocenters. The molecule has 0 bridgehead atoms. The Kier molecular flexibility index (Phi) is 12.0. The molecule has 0 radical (unpaired) electrons. The fourth-order valence-corrected chi connectivity index (χ4v) is 4.78. The topological polar surface area (TPSA) is 61.8 Å². The normalized spacial score (nSPS) is 18.1. The van der Waals surface area contributed by atoms with E-state index >= 15 is 0 Å². The number of benzene rings is 2. The van der Waals surface area contributed by atoms with Crippen LogP contribution in [0.3, 0.4) is 0 Å². The van der Waals surface area contributed by atoms with Crippen molar-refractivity contribution in [2.45, 2.75) is 97.5 Å². The van der Waals surface area contributed by atoms with Gasteiger partial charge < -0.3 is 14.2 Å². The van der Waals surface area contributed by atoms with Crippen molar-refractivity contribution in [1.82, 2.24) is 0 Å². The summed E-state index contributed by atoms with van der Waals surface area (Å²) in [5.41, 5.74) is 0.917. The molecule has 202 valence electrons. The third-order valence-corrected chi connectivity index (χ3v) is 7.48. The SMILES string of the molecule is CCCCC[C@H]1CC[C@H](OC(=O)c2ccc(OC(=O)c3ccc(OCCC[C@@H](C)CC)cc3)cc2)CC1. The number of hydrogen-bond donors (Lipinski definition) is 0. The van der Waals surface area contributed by atoms with E-state index in [0.29, 0.717) is 29.4 Å². The van der Waals surface area contributed by atoms with E-state index in [9.17, 15) is 9.59 Å². The lowest BCUT2D eigenvalue weighted by molar-refractivity contribution is 0.0161. The first-order chi connectivity index (χ1) is 18.0. The zero-order valence-electron chi connectivity index (χ0n) is 22.9. The van der Waals surface area contributed by atoms with Gasteiger partial charge in [-0.2, -0.15) is 0 Å². The van der Waals surface area contributed by atoms with Gasteiger partial charge in [-0.15, -0.1) is 0 Å². The molecule has 3 rings (SSSR count). The van der Waals surface area contributed by atoms with Gasteiger partial charge in [-0.1, -0.05) is 52.9 Å². The van der Waals surface area contributed by atoms with Gasteiger partial charge >= 0.3 is 11.9 Å². The standard InChI is InChI=1S/C32H44O5/c1-4-6-7-10-25-11-17-29(18-12-25)36-32(34)27-15-21-30(22-16-27)37-31(33)26-13-19-28(20-14-26)35-23-8-9-24(3)5-2/h13-16,19-22,24-25,29H,4-12,17-18,23H2,1-3H3/t24-,25-,29-/m0/s1. The number of unbranched alkanes of at least 4 members (excludes halogenated alkanes) is 2. The van der Waals surface area contributed by atoms with Crippen molar-refractivity contribution < 1.29 is 23.8 Å². The molecule has 0 N–H and O–H groups in total. The second-order valence-electron chi connectivity index (χ2n) is 10.5. The Morgan fingerprint density at radius 2 is 1.43 bits per heavy atom. The molecule has 0 spiro atoms. The fraction of sp³-hybridized carbons (Fsp3) is 0.562. The summed E-state index contributed by atoms with van der Waals surface area (Å²) in [5.74, 6) is 1.86. The number of esters is 2. The van der Waals surface area contributed by atoms with Crippen LogP contribution in [0.15, 0.2) is 48.5 Å². The molecule has 37 heavy (non-hydrogen) atoms. The zero-order chi connectivity index (χ0) is 26.5. The van der Waals surface area contributed by atoms with Crippen LogP contribution in [-0.2, 0) is 4.74 Å². The summed E-state index contributed by atoms with van der Waals surface area (Å²) >= 11 is 0. The van der Waals surface area contributed by atoms with E-state index < -0.39 is 5.97 Å². The van der Waals surface area contributed by atoms with Gasteiger partial charge in [-0.3, -0.25) is 0 Å². The van der Waals surface area contributed by atoms with E-state index in [2.05, 4.69) is 20.8 Å². The van der Waals surface area contributed by atoms with Gasteiger partial charge in [0.05, 0.1) is 17.7 Å². The van der Waals surface area contributed by atoms with Crippen molar-refractivity contribution >= 4 is 11.9 Å². The third-order valence-electron chi connectivity index (χ3n) is 7.48. The van der Waals surface area contributed by atoms with Crippen LogP contribution in [0.2, 0.25) is 0 Å². The number of rotatable bonds is 14. The Morgan fingerprint density at radius 1 is 0.811 bits per heavy atom. The van der Waals surface area contributed by atoms with Gasteiger partial charge in [0, 0.05) is 0 Å². The molecule has 5 heteroatoms. The first-order valence-corrected chi connectivity index (χ1v) is 14.2. The molecule has 1 fully saturated rings. The first-order valence-electron chi connectivity index (χ1n) is 14.2. The summed E-state index contributed by atoms with van der Waals surface area (Å²) in [6.45, 7) is 7.36. The summed E-state index contributed by atoms with van der Waals surface area (Å²) in [4.78, 5) is 25.1. The maximum absolute atomic E-state index is 12.6. The monoisotopic (exact) mass is 508 g/mol. The van der Waals surface area contributed by atoms with Gasteiger partial charge in [0.25, 0.3) is 0 Å². The highest BCUT2D eigenvalue weighted by Gasteiger charge is 2.24. The number of carbonyl (C=O) groups is 2. The molecule has 2 aromatic rings. The van der Waals surface area contributed by atoms with Crippen molar-refractivity contribution in [2.75, 3.05) is 6.61 Å². The molecule has 0 saturated heterocycles. The maximum Gasteiger partial charge on any atom is 0.343 e. The van der Waals surface area contributed by atoms with Crippen LogP contribution in [0.4, 0.5) is 0 Å². The minimum Gasteiger partial charge on any atom is -0.494 e. The summed E-state index contributed by atoms with van der Waals surface area (Å²) in [6, 6.07) is 13.6. The first kappa shape index (κ1) is 28.7. The molecule has 0 amide bonds. The Hall–Kier alpha value is -2.82. The molecule has 5 nitrogen and oxygen atoms in total. The second kappa shape index (κ2) is 15.4.